The maximum absolute atomic E-state index is 11.8. The first-order valence-electron chi connectivity index (χ1n) is 10.4. The second-order valence-corrected chi connectivity index (χ2v) is 11.3. The molecular formula is C23H15ClN4O8S2. The van der Waals surface area contributed by atoms with E-state index in [1.54, 1.807) is 6.07 Å². The van der Waals surface area contributed by atoms with Gasteiger partial charge in [-0.3, -0.25) is 9.11 Å². The fourth-order valence-corrected chi connectivity index (χ4v) is 5.29. The minimum absolute atomic E-state index is 0.0653. The topological polar surface area (TPSA) is 214 Å². The molecule has 0 aliphatic heterocycles. The Hall–Kier alpha value is -4.08. The van der Waals surface area contributed by atoms with Gasteiger partial charge in [0.2, 0.25) is 5.28 Å². The molecule has 0 aliphatic rings. The maximum atomic E-state index is 11.8. The molecule has 6 N–H and O–H groups in total. The third-order valence-electron chi connectivity index (χ3n) is 5.74. The molecule has 0 unspecified atom stereocenters. The van der Waals surface area contributed by atoms with Crippen LogP contribution in [-0.2, 0) is 20.2 Å². The van der Waals surface area contributed by atoms with Crippen molar-refractivity contribution in [3.63, 3.8) is 0 Å². The summed E-state index contributed by atoms with van der Waals surface area (Å²) >= 11 is 6.20. The average Bonchev–Trinajstić information content (AvgIpc) is 2.81. The summed E-state index contributed by atoms with van der Waals surface area (Å²) in [5.74, 6) is -1.10. The zero-order chi connectivity index (χ0) is 27.6. The zero-order valence-electron chi connectivity index (χ0n) is 18.7. The van der Waals surface area contributed by atoms with Gasteiger partial charge in [-0.2, -0.15) is 26.8 Å². The Balaban J connectivity index is 1.83. The van der Waals surface area contributed by atoms with Crippen molar-refractivity contribution in [1.29, 1.82) is 0 Å². The van der Waals surface area contributed by atoms with Crippen LogP contribution in [0, 0.1) is 0 Å². The number of aromatic nitrogens is 3. The Morgan fingerprint density at radius 1 is 0.684 bits per heavy atom. The molecule has 5 rings (SSSR count). The Morgan fingerprint density at radius 3 is 1.84 bits per heavy atom. The van der Waals surface area contributed by atoms with Crippen molar-refractivity contribution in [1.82, 2.24) is 15.0 Å². The van der Waals surface area contributed by atoms with Crippen LogP contribution in [0.4, 0.5) is 5.69 Å². The van der Waals surface area contributed by atoms with Crippen molar-refractivity contribution in [2.24, 2.45) is 0 Å². The fourth-order valence-electron chi connectivity index (χ4n) is 4.07. The highest BCUT2D eigenvalue weighted by molar-refractivity contribution is 7.86. The summed E-state index contributed by atoms with van der Waals surface area (Å²) in [6, 6.07) is 11.4. The summed E-state index contributed by atoms with van der Waals surface area (Å²) in [7, 11) is -9.38. The average molecular weight is 575 g/mol. The van der Waals surface area contributed by atoms with E-state index in [0.29, 0.717) is 0 Å². The number of hydrogen-bond donors (Lipinski definition) is 5. The monoisotopic (exact) mass is 574 g/mol. The molecule has 5 aromatic rings. The van der Waals surface area contributed by atoms with E-state index in [9.17, 15) is 36.2 Å². The van der Waals surface area contributed by atoms with Gasteiger partial charge in [0.15, 0.2) is 11.6 Å². The molecule has 12 nitrogen and oxygen atoms in total. The molecule has 0 spiro atoms. The van der Waals surface area contributed by atoms with Crippen molar-refractivity contribution in [2.45, 2.75) is 9.79 Å². The van der Waals surface area contributed by atoms with Crippen LogP contribution in [0.1, 0.15) is 0 Å². The lowest BCUT2D eigenvalue weighted by atomic mass is 10.0. The van der Waals surface area contributed by atoms with Gasteiger partial charge in [0.25, 0.3) is 20.2 Å². The van der Waals surface area contributed by atoms with Crippen LogP contribution in [0.5, 0.6) is 11.5 Å². The predicted molar refractivity (Wildman–Crippen MR) is 138 cm³/mol. The highest BCUT2D eigenvalue weighted by Gasteiger charge is 2.21. The largest absolute Gasteiger partial charge is 0.507 e. The fraction of sp³-hybridized carbons (Fsp3) is 0. The molecule has 0 aliphatic carbocycles. The van der Waals surface area contributed by atoms with Crippen molar-refractivity contribution >= 4 is 59.1 Å². The summed E-state index contributed by atoms with van der Waals surface area (Å²) in [6.45, 7) is 0. The van der Waals surface area contributed by atoms with E-state index in [0.717, 1.165) is 24.3 Å². The molecule has 0 saturated carbocycles. The predicted octanol–water partition coefficient (Wildman–Crippen LogP) is 3.65. The summed E-state index contributed by atoms with van der Waals surface area (Å²) in [5.41, 5.74) is 6.52. The molecule has 15 heteroatoms. The number of nitrogens with two attached hydrogens (primary N) is 1. The van der Waals surface area contributed by atoms with Crippen molar-refractivity contribution in [3.8, 4) is 34.3 Å². The number of nitrogens with zero attached hydrogens (tertiary/aromatic N) is 3. The molecule has 4 aromatic carbocycles. The molecule has 0 amide bonds. The highest BCUT2D eigenvalue weighted by atomic mass is 35.5. The Bertz CT molecular complexity index is 2030. The molecule has 38 heavy (non-hydrogen) atoms. The van der Waals surface area contributed by atoms with Gasteiger partial charge in [0.1, 0.15) is 11.5 Å². The zero-order valence-corrected chi connectivity index (χ0v) is 21.1. The van der Waals surface area contributed by atoms with Crippen molar-refractivity contribution in [2.75, 3.05) is 5.73 Å². The number of fused-ring (bicyclic) bond motifs is 2. The lowest BCUT2D eigenvalue weighted by Gasteiger charge is -2.13. The second-order valence-electron chi connectivity index (χ2n) is 8.11. The first-order valence-corrected chi connectivity index (χ1v) is 13.7. The molecule has 194 valence electrons. The quantitative estimate of drug-likeness (QED) is 0.153. The number of rotatable bonds is 4. The molecule has 0 fully saturated rings. The van der Waals surface area contributed by atoms with Gasteiger partial charge >= 0.3 is 0 Å². The van der Waals surface area contributed by atoms with Crippen LogP contribution in [0.2, 0.25) is 5.28 Å². The standard InChI is InChI=1S/C23H15ClN4O8S2/c24-23-27-21(14-3-1-2-12-15(14)6-10(8-18(12)29)37(31,32)33)26-22(28-23)20-16-7-11(38(34,35)36)9-19(30)13(16)4-5-17(20)25/h1-9,29-30H,25H2,(H,31,32,33)(H,34,35,36). The lowest BCUT2D eigenvalue weighted by molar-refractivity contribution is 0.470. The number of nitrogen functional groups attached to an aromatic ring is 1. The van der Waals surface area contributed by atoms with E-state index >= 15 is 0 Å². The molecule has 1 aromatic heterocycles. The normalized spacial score (nSPS) is 12.3. The van der Waals surface area contributed by atoms with Crippen LogP contribution in [0.25, 0.3) is 44.3 Å². The molecule has 0 radical (unpaired) electrons. The SMILES string of the molecule is Nc1ccc2c(O)cc(S(=O)(=O)O)cc2c1-c1nc(Cl)nc(-c2cccc3c(O)cc(S(=O)(=O)O)cc23)n1. The van der Waals surface area contributed by atoms with Gasteiger partial charge in [-0.25, -0.2) is 4.98 Å². The minimum atomic E-state index is -4.71. The summed E-state index contributed by atoms with van der Waals surface area (Å²) < 4.78 is 66.1. The van der Waals surface area contributed by atoms with Crippen LogP contribution in [0.15, 0.2) is 64.4 Å². The van der Waals surface area contributed by atoms with Crippen molar-refractivity contribution in [3.05, 3.63) is 59.9 Å². The van der Waals surface area contributed by atoms with Crippen molar-refractivity contribution < 1.29 is 36.2 Å². The van der Waals surface area contributed by atoms with E-state index in [1.165, 1.54) is 24.3 Å². The first-order chi connectivity index (χ1) is 17.7. The van der Waals surface area contributed by atoms with E-state index < -0.39 is 41.5 Å². The van der Waals surface area contributed by atoms with Gasteiger partial charge in [-0.15, -0.1) is 0 Å². The Labute approximate surface area is 219 Å². The number of hydrogen-bond acceptors (Lipinski definition) is 10. The Morgan fingerprint density at radius 2 is 1.24 bits per heavy atom. The van der Waals surface area contributed by atoms with E-state index in [2.05, 4.69) is 15.0 Å². The highest BCUT2D eigenvalue weighted by Crippen LogP contribution is 2.39. The van der Waals surface area contributed by atoms with Gasteiger partial charge < -0.3 is 15.9 Å². The summed E-state index contributed by atoms with van der Waals surface area (Å²) in [6.07, 6.45) is 0. The lowest BCUT2D eigenvalue weighted by Crippen LogP contribution is -2.03. The van der Waals surface area contributed by atoms with Gasteiger partial charge in [0.05, 0.1) is 15.4 Å². The summed E-state index contributed by atoms with van der Waals surface area (Å²) in [5, 5.41) is 21.1. The van der Waals surface area contributed by atoms with E-state index in [-0.39, 0.29) is 55.3 Å². The molecule has 0 saturated heterocycles. The molecule has 0 bridgehead atoms. The molecular weight excluding hydrogens is 560 g/mol. The van der Waals surface area contributed by atoms with Gasteiger partial charge in [0, 0.05) is 34.2 Å². The third-order valence-corrected chi connectivity index (χ3v) is 7.57. The number of phenols is 2. The number of anilines is 1. The van der Waals surface area contributed by atoms with E-state index in [4.69, 9.17) is 17.3 Å². The maximum Gasteiger partial charge on any atom is 0.294 e. The van der Waals surface area contributed by atoms with Gasteiger partial charge in [-0.1, -0.05) is 18.2 Å². The summed E-state index contributed by atoms with van der Waals surface area (Å²) in [4.78, 5) is 11.4. The minimum Gasteiger partial charge on any atom is -0.507 e. The number of aromatic hydroxyl groups is 2. The molecule has 1 heterocycles. The number of benzene rings is 4. The number of phenolic OH excluding ortho intramolecular Hbond substituents is 2. The third kappa shape index (κ3) is 4.44. The second kappa shape index (κ2) is 8.75. The first kappa shape index (κ1) is 25.6. The van der Waals surface area contributed by atoms with Crippen LogP contribution in [0.3, 0.4) is 0 Å². The van der Waals surface area contributed by atoms with Crippen LogP contribution >= 0.6 is 11.6 Å². The Kier molecular flexibility index (Phi) is 5.89. The number of halogens is 1. The van der Waals surface area contributed by atoms with Crippen LogP contribution < -0.4 is 5.73 Å². The van der Waals surface area contributed by atoms with Gasteiger partial charge in [-0.05, 0) is 46.6 Å². The molecule has 0 atom stereocenters. The van der Waals surface area contributed by atoms with E-state index in [1.807, 2.05) is 0 Å². The van der Waals surface area contributed by atoms with Crippen LogP contribution in [-0.4, -0.2) is 51.1 Å². The smallest absolute Gasteiger partial charge is 0.294 e.